The third-order valence-corrected chi connectivity index (χ3v) is 3.88. The minimum Gasteiger partial charge on any atom is -0.399 e. The van der Waals surface area contributed by atoms with E-state index < -0.39 is 0 Å². The van der Waals surface area contributed by atoms with Gasteiger partial charge in [-0.15, -0.1) is 0 Å². The molecule has 3 nitrogen and oxygen atoms in total. The standard InChI is InChI=1S/C17H15BrFN3/c18-14-7-13(8-15(19)10-14)11-22-6-5-21-17(22)9-12-1-3-16(20)4-2-12/h1-8,10H,9,11,20H2. The Hall–Kier alpha value is -2.14. The van der Waals surface area contributed by atoms with Crippen LogP contribution in [0.15, 0.2) is 59.3 Å². The molecule has 0 aliphatic carbocycles. The van der Waals surface area contributed by atoms with Crippen LogP contribution in [0.25, 0.3) is 0 Å². The monoisotopic (exact) mass is 359 g/mol. The minimum atomic E-state index is -0.246. The number of nitrogen functional groups attached to an aromatic ring is 1. The molecule has 0 aliphatic heterocycles. The molecule has 22 heavy (non-hydrogen) atoms. The van der Waals surface area contributed by atoms with Crippen molar-refractivity contribution >= 4 is 21.6 Å². The second-order valence-corrected chi connectivity index (χ2v) is 6.08. The van der Waals surface area contributed by atoms with Gasteiger partial charge in [0.15, 0.2) is 0 Å². The summed E-state index contributed by atoms with van der Waals surface area (Å²) in [7, 11) is 0. The first-order valence-corrected chi connectivity index (χ1v) is 7.69. The lowest BCUT2D eigenvalue weighted by Crippen LogP contribution is -2.05. The van der Waals surface area contributed by atoms with Gasteiger partial charge in [0, 0.05) is 35.5 Å². The topological polar surface area (TPSA) is 43.8 Å². The molecule has 2 N–H and O–H groups in total. The van der Waals surface area contributed by atoms with Crippen LogP contribution in [0, 0.1) is 5.82 Å². The molecular weight excluding hydrogens is 345 g/mol. The number of benzene rings is 2. The minimum absolute atomic E-state index is 0.246. The second-order valence-electron chi connectivity index (χ2n) is 5.17. The van der Waals surface area contributed by atoms with Crippen LogP contribution >= 0.6 is 15.9 Å². The van der Waals surface area contributed by atoms with E-state index in [2.05, 4.69) is 20.9 Å². The van der Waals surface area contributed by atoms with Gasteiger partial charge in [-0.1, -0.05) is 28.1 Å². The zero-order valence-corrected chi connectivity index (χ0v) is 13.4. The number of hydrogen-bond donors (Lipinski definition) is 1. The number of nitrogens with two attached hydrogens (primary N) is 1. The summed E-state index contributed by atoms with van der Waals surface area (Å²) >= 11 is 3.32. The zero-order valence-electron chi connectivity index (χ0n) is 11.8. The van der Waals surface area contributed by atoms with Crippen molar-refractivity contribution < 1.29 is 4.39 Å². The van der Waals surface area contributed by atoms with Crippen molar-refractivity contribution in [2.75, 3.05) is 5.73 Å². The van der Waals surface area contributed by atoms with E-state index in [1.807, 2.05) is 41.1 Å². The van der Waals surface area contributed by atoms with Crippen LogP contribution in [0.1, 0.15) is 17.0 Å². The van der Waals surface area contributed by atoms with Gasteiger partial charge in [-0.05, 0) is 41.5 Å². The second kappa shape index (κ2) is 6.32. The molecule has 0 saturated heterocycles. The number of anilines is 1. The van der Waals surface area contributed by atoms with E-state index >= 15 is 0 Å². The number of nitrogens with zero attached hydrogens (tertiary/aromatic N) is 2. The third-order valence-electron chi connectivity index (χ3n) is 3.42. The number of imidazole rings is 1. The van der Waals surface area contributed by atoms with E-state index in [0.29, 0.717) is 13.0 Å². The van der Waals surface area contributed by atoms with Gasteiger partial charge in [0.25, 0.3) is 0 Å². The van der Waals surface area contributed by atoms with Crippen molar-refractivity contribution in [3.63, 3.8) is 0 Å². The highest BCUT2D eigenvalue weighted by molar-refractivity contribution is 9.10. The molecule has 5 heteroatoms. The predicted molar refractivity (Wildman–Crippen MR) is 89.1 cm³/mol. The largest absolute Gasteiger partial charge is 0.399 e. The summed E-state index contributed by atoms with van der Waals surface area (Å²) in [5.41, 5.74) is 8.48. The first-order chi connectivity index (χ1) is 10.6. The lowest BCUT2D eigenvalue weighted by atomic mass is 10.1. The highest BCUT2D eigenvalue weighted by atomic mass is 79.9. The summed E-state index contributed by atoms with van der Waals surface area (Å²) in [5.74, 6) is 0.690. The van der Waals surface area contributed by atoms with Crippen LogP contribution in [0.4, 0.5) is 10.1 Å². The average molecular weight is 360 g/mol. The number of aromatic nitrogens is 2. The summed E-state index contributed by atoms with van der Waals surface area (Å²) in [4.78, 5) is 4.40. The molecule has 0 atom stereocenters. The van der Waals surface area contributed by atoms with Crippen molar-refractivity contribution in [1.29, 1.82) is 0 Å². The summed E-state index contributed by atoms with van der Waals surface area (Å²) in [6.07, 6.45) is 4.39. The predicted octanol–water partition coefficient (Wildman–Crippen LogP) is 4.01. The maximum Gasteiger partial charge on any atom is 0.124 e. The third kappa shape index (κ3) is 3.54. The smallest absolute Gasteiger partial charge is 0.124 e. The molecule has 0 radical (unpaired) electrons. The van der Waals surface area contributed by atoms with Crippen molar-refractivity contribution in [1.82, 2.24) is 9.55 Å². The first-order valence-electron chi connectivity index (χ1n) is 6.89. The van der Waals surface area contributed by atoms with Gasteiger partial charge in [0.2, 0.25) is 0 Å². The van der Waals surface area contributed by atoms with Crippen LogP contribution in [0.5, 0.6) is 0 Å². The van der Waals surface area contributed by atoms with E-state index in [4.69, 9.17) is 5.73 Å². The molecule has 0 bridgehead atoms. The fraction of sp³-hybridized carbons (Fsp3) is 0.118. The number of hydrogen-bond acceptors (Lipinski definition) is 2. The molecule has 2 aromatic carbocycles. The van der Waals surface area contributed by atoms with Gasteiger partial charge < -0.3 is 10.3 Å². The Balaban J connectivity index is 1.81. The van der Waals surface area contributed by atoms with Gasteiger partial charge in [-0.3, -0.25) is 0 Å². The van der Waals surface area contributed by atoms with Gasteiger partial charge in [-0.2, -0.15) is 0 Å². The Bertz CT molecular complexity index is 761. The fourth-order valence-corrected chi connectivity index (χ4v) is 2.88. The Morgan fingerprint density at radius 3 is 2.59 bits per heavy atom. The van der Waals surface area contributed by atoms with E-state index in [-0.39, 0.29) is 5.82 Å². The highest BCUT2D eigenvalue weighted by Crippen LogP contribution is 2.17. The van der Waals surface area contributed by atoms with Crippen molar-refractivity contribution in [3.05, 3.63) is 82.1 Å². The van der Waals surface area contributed by atoms with Crippen LogP contribution in [0.2, 0.25) is 0 Å². The lowest BCUT2D eigenvalue weighted by Gasteiger charge is -2.09. The number of rotatable bonds is 4. The Labute approximate surface area is 136 Å². The summed E-state index contributed by atoms with van der Waals surface area (Å²) in [6, 6.07) is 12.7. The molecule has 0 amide bonds. The van der Waals surface area contributed by atoms with E-state index in [1.165, 1.54) is 12.1 Å². The lowest BCUT2D eigenvalue weighted by molar-refractivity contribution is 0.621. The molecule has 0 spiro atoms. The van der Waals surface area contributed by atoms with E-state index in [0.717, 1.165) is 27.1 Å². The molecule has 3 aromatic rings. The molecule has 0 saturated carbocycles. The summed E-state index contributed by atoms with van der Waals surface area (Å²) in [5, 5.41) is 0. The maximum atomic E-state index is 13.5. The molecule has 0 unspecified atom stereocenters. The van der Waals surface area contributed by atoms with Gasteiger partial charge in [0.05, 0.1) is 0 Å². The SMILES string of the molecule is Nc1ccc(Cc2nccn2Cc2cc(F)cc(Br)c2)cc1. The Morgan fingerprint density at radius 2 is 1.86 bits per heavy atom. The first kappa shape index (κ1) is 14.8. The number of halogens is 2. The Morgan fingerprint density at radius 1 is 1.09 bits per heavy atom. The molecule has 0 aliphatic rings. The maximum absolute atomic E-state index is 13.5. The van der Waals surface area contributed by atoms with Crippen LogP contribution in [-0.4, -0.2) is 9.55 Å². The van der Waals surface area contributed by atoms with Crippen LogP contribution in [-0.2, 0) is 13.0 Å². The van der Waals surface area contributed by atoms with Crippen molar-refractivity contribution in [2.45, 2.75) is 13.0 Å². The molecule has 3 rings (SSSR count). The van der Waals surface area contributed by atoms with Gasteiger partial charge in [-0.25, -0.2) is 9.37 Å². The zero-order chi connectivity index (χ0) is 15.5. The normalized spacial score (nSPS) is 10.8. The van der Waals surface area contributed by atoms with Crippen LogP contribution < -0.4 is 5.73 Å². The molecule has 1 aromatic heterocycles. The Kier molecular flexibility index (Phi) is 4.24. The van der Waals surface area contributed by atoms with Crippen molar-refractivity contribution in [2.24, 2.45) is 0 Å². The van der Waals surface area contributed by atoms with E-state index in [1.54, 1.807) is 6.20 Å². The van der Waals surface area contributed by atoms with Crippen molar-refractivity contribution in [3.8, 4) is 0 Å². The van der Waals surface area contributed by atoms with Gasteiger partial charge in [0.1, 0.15) is 11.6 Å². The highest BCUT2D eigenvalue weighted by Gasteiger charge is 2.06. The fourth-order valence-electron chi connectivity index (χ4n) is 2.37. The molecule has 112 valence electrons. The summed E-state index contributed by atoms with van der Waals surface area (Å²) in [6.45, 7) is 0.584. The molecular formula is C17H15BrFN3. The molecule has 1 heterocycles. The van der Waals surface area contributed by atoms with Crippen LogP contribution in [0.3, 0.4) is 0 Å². The average Bonchev–Trinajstić information content (AvgIpc) is 2.87. The van der Waals surface area contributed by atoms with Gasteiger partial charge >= 0.3 is 0 Å². The molecule has 0 fully saturated rings. The summed E-state index contributed by atoms with van der Waals surface area (Å²) < 4.78 is 16.2. The van der Waals surface area contributed by atoms with E-state index in [9.17, 15) is 4.39 Å². The quantitative estimate of drug-likeness (QED) is 0.715.